The quantitative estimate of drug-likeness (QED) is 0.857. The lowest BCUT2D eigenvalue weighted by Gasteiger charge is -2.13. The van der Waals surface area contributed by atoms with Gasteiger partial charge in [-0.1, -0.05) is 30.7 Å². The minimum atomic E-state index is -0.127. The van der Waals surface area contributed by atoms with Crippen LogP contribution in [0.1, 0.15) is 24.5 Å². The zero-order valence-corrected chi connectivity index (χ0v) is 13.2. The summed E-state index contributed by atoms with van der Waals surface area (Å²) in [4.78, 5) is 16.1. The van der Waals surface area contributed by atoms with Gasteiger partial charge in [0.15, 0.2) is 0 Å². The van der Waals surface area contributed by atoms with Crippen molar-refractivity contribution in [2.75, 3.05) is 5.32 Å². The number of aliphatic hydroxyl groups excluding tert-OH is 1. The molecular weight excluding hydrogens is 300 g/mol. The molecule has 4 nitrogen and oxygen atoms in total. The van der Waals surface area contributed by atoms with Gasteiger partial charge < -0.3 is 10.4 Å². The average molecular weight is 319 g/mol. The van der Waals surface area contributed by atoms with E-state index in [4.69, 9.17) is 11.6 Å². The third-order valence-corrected chi connectivity index (χ3v) is 3.64. The Morgan fingerprint density at radius 2 is 2.05 bits per heavy atom. The monoisotopic (exact) mass is 318 g/mol. The summed E-state index contributed by atoms with van der Waals surface area (Å²) < 4.78 is 0. The van der Waals surface area contributed by atoms with Gasteiger partial charge in [0.2, 0.25) is 5.91 Å². The maximum absolute atomic E-state index is 12.1. The number of rotatable bonds is 6. The van der Waals surface area contributed by atoms with Crippen molar-refractivity contribution in [3.05, 3.63) is 58.9 Å². The van der Waals surface area contributed by atoms with E-state index in [2.05, 4.69) is 10.3 Å². The number of anilines is 1. The van der Waals surface area contributed by atoms with Crippen LogP contribution in [-0.2, 0) is 17.8 Å². The van der Waals surface area contributed by atoms with E-state index in [0.717, 1.165) is 12.0 Å². The van der Waals surface area contributed by atoms with E-state index in [1.807, 2.05) is 31.2 Å². The SMILES string of the molecule is CC(CC(=O)Nc1cnccc1CO)Cc1ccc(Cl)cc1. The normalized spacial score (nSPS) is 12.0. The number of carbonyl (C=O) groups excluding carboxylic acids is 1. The topological polar surface area (TPSA) is 62.2 Å². The summed E-state index contributed by atoms with van der Waals surface area (Å²) in [6, 6.07) is 9.34. The van der Waals surface area contributed by atoms with E-state index in [9.17, 15) is 9.90 Å². The van der Waals surface area contributed by atoms with Crippen molar-refractivity contribution < 1.29 is 9.90 Å². The van der Waals surface area contributed by atoms with E-state index < -0.39 is 0 Å². The minimum absolute atomic E-state index is 0.0795. The highest BCUT2D eigenvalue weighted by molar-refractivity contribution is 6.30. The molecule has 0 radical (unpaired) electrons. The van der Waals surface area contributed by atoms with Crippen molar-refractivity contribution in [3.8, 4) is 0 Å². The molecule has 22 heavy (non-hydrogen) atoms. The highest BCUT2D eigenvalue weighted by atomic mass is 35.5. The number of nitrogens with one attached hydrogen (secondary N) is 1. The van der Waals surface area contributed by atoms with Gasteiger partial charge in [-0.25, -0.2) is 0 Å². The molecule has 1 unspecified atom stereocenters. The van der Waals surface area contributed by atoms with Gasteiger partial charge in [0, 0.05) is 23.2 Å². The van der Waals surface area contributed by atoms with E-state index in [1.165, 1.54) is 0 Å². The van der Waals surface area contributed by atoms with Crippen molar-refractivity contribution in [1.29, 1.82) is 0 Å². The molecule has 0 aliphatic heterocycles. The van der Waals surface area contributed by atoms with Crippen LogP contribution in [0.25, 0.3) is 0 Å². The van der Waals surface area contributed by atoms with Crippen LogP contribution in [0.2, 0.25) is 5.02 Å². The second-order valence-electron chi connectivity index (χ2n) is 5.38. The van der Waals surface area contributed by atoms with Crippen LogP contribution in [0.3, 0.4) is 0 Å². The first-order valence-corrected chi connectivity index (χ1v) is 7.54. The molecule has 0 saturated carbocycles. The standard InChI is InChI=1S/C17H19ClN2O2/c1-12(8-13-2-4-15(18)5-3-13)9-17(22)20-16-10-19-7-6-14(16)11-21/h2-7,10,12,21H,8-9,11H2,1H3,(H,20,22). The van der Waals surface area contributed by atoms with E-state index in [0.29, 0.717) is 22.7 Å². The molecular formula is C17H19ClN2O2. The molecule has 2 N–H and O–H groups in total. The molecule has 0 fully saturated rings. The number of halogens is 1. The number of aliphatic hydroxyl groups is 1. The van der Waals surface area contributed by atoms with Crippen molar-refractivity contribution in [1.82, 2.24) is 4.98 Å². The molecule has 1 aromatic heterocycles. The summed E-state index contributed by atoms with van der Waals surface area (Å²) in [5, 5.41) is 12.8. The number of nitrogens with zero attached hydrogens (tertiary/aromatic N) is 1. The Balaban J connectivity index is 1.89. The first-order valence-electron chi connectivity index (χ1n) is 7.16. The Morgan fingerprint density at radius 3 is 2.73 bits per heavy atom. The summed E-state index contributed by atoms with van der Waals surface area (Å²) in [6.45, 7) is 1.91. The summed E-state index contributed by atoms with van der Waals surface area (Å²) in [7, 11) is 0. The number of hydrogen-bond donors (Lipinski definition) is 2. The summed E-state index contributed by atoms with van der Waals surface area (Å²) in [6.07, 6.45) is 4.35. The summed E-state index contributed by atoms with van der Waals surface area (Å²) in [5.74, 6) is 0.125. The van der Waals surface area contributed by atoms with Crippen molar-refractivity contribution in [3.63, 3.8) is 0 Å². The first-order chi connectivity index (χ1) is 10.6. The molecule has 0 aliphatic carbocycles. The van der Waals surface area contributed by atoms with Gasteiger partial charge in [-0.2, -0.15) is 0 Å². The third-order valence-electron chi connectivity index (χ3n) is 3.39. The molecule has 1 atom stereocenters. The Labute approximate surface area is 135 Å². The molecule has 1 aromatic carbocycles. The van der Waals surface area contributed by atoms with Crippen LogP contribution in [0, 0.1) is 5.92 Å². The molecule has 0 saturated heterocycles. The number of benzene rings is 1. The predicted octanol–water partition coefficient (Wildman–Crippen LogP) is 3.43. The molecule has 1 amide bonds. The van der Waals surface area contributed by atoms with Gasteiger partial charge in [0.05, 0.1) is 18.5 Å². The van der Waals surface area contributed by atoms with Crippen LogP contribution >= 0.6 is 11.6 Å². The second-order valence-corrected chi connectivity index (χ2v) is 5.82. The zero-order valence-electron chi connectivity index (χ0n) is 12.4. The van der Waals surface area contributed by atoms with Crippen LogP contribution in [-0.4, -0.2) is 16.0 Å². The van der Waals surface area contributed by atoms with Crippen LogP contribution < -0.4 is 5.32 Å². The largest absolute Gasteiger partial charge is 0.392 e. The summed E-state index contributed by atoms with van der Waals surface area (Å²) >= 11 is 5.86. The third kappa shape index (κ3) is 4.83. The number of amides is 1. The Hall–Kier alpha value is -1.91. The lowest BCUT2D eigenvalue weighted by atomic mass is 9.98. The number of carbonyl (C=O) groups is 1. The van der Waals surface area contributed by atoms with E-state index >= 15 is 0 Å². The fourth-order valence-corrected chi connectivity index (χ4v) is 2.41. The van der Waals surface area contributed by atoms with Gasteiger partial charge in [0.1, 0.15) is 0 Å². The zero-order chi connectivity index (χ0) is 15.9. The van der Waals surface area contributed by atoms with E-state index in [1.54, 1.807) is 18.5 Å². The molecule has 0 spiro atoms. The fraction of sp³-hybridized carbons (Fsp3) is 0.294. The minimum Gasteiger partial charge on any atom is -0.392 e. The molecule has 0 bridgehead atoms. The van der Waals surface area contributed by atoms with Crippen molar-refractivity contribution >= 4 is 23.2 Å². The number of aromatic nitrogens is 1. The maximum atomic E-state index is 12.1. The molecule has 5 heteroatoms. The van der Waals surface area contributed by atoms with Gasteiger partial charge >= 0.3 is 0 Å². The average Bonchev–Trinajstić information content (AvgIpc) is 2.50. The molecule has 0 aliphatic rings. The number of pyridine rings is 1. The number of hydrogen-bond acceptors (Lipinski definition) is 3. The Bertz CT molecular complexity index is 629. The van der Waals surface area contributed by atoms with Crippen LogP contribution in [0.15, 0.2) is 42.7 Å². The summed E-state index contributed by atoms with van der Waals surface area (Å²) in [5.41, 5.74) is 2.38. The van der Waals surface area contributed by atoms with E-state index in [-0.39, 0.29) is 18.4 Å². The van der Waals surface area contributed by atoms with Gasteiger partial charge in [-0.15, -0.1) is 0 Å². The smallest absolute Gasteiger partial charge is 0.224 e. The van der Waals surface area contributed by atoms with Gasteiger partial charge in [0.25, 0.3) is 0 Å². The Kier molecular flexibility index (Phi) is 5.92. The fourth-order valence-electron chi connectivity index (χ4n) is 2.29. The molecule has 116 valence electrons. The molecule has 2 aromatic rings. The van der Waals surface area contributed by atoms with Crippen molar-refractivity contribution in [2.45, 2.75) is 26.4 Å². The van der Waals surface area contributed by atoms with Gasteiger partial charge in [-0.05, 0) is 36.1 Å². The highest BCUT2D eigenvalue weighted by Crippen LogP contribution is 2.17. The lowest BCUT2D eigenvalue weighted by molar-refractivity contribution is -0.116. The highest BCUT2D eigenvalue weighted by Gasteiger charge is 2.12. The predicted molar refractivity (Wildman–Crippen MR) is 87.7 cm³/mol. The van der Waals surface area contributed by atoms with Crippen molar-refractivity contribution in [2.24, 2.45) is 5.92 Å². The Morgan fingerprint density at radius 1 is 1.32 bits per heavy atom. The molecule has 1 heterocycles. The van der Waals surface area contributed by atoms with Crippen LogP contribution in [0.5, 0.6) is 0 Å². The second kappa shape index (κ2) is 7.92. The maximum Gasteiger partial charge on any atom is 0.224 e. The van der Waals surface area contributed by atoms with Gasteiger partial charge in [-0.3, -0.25) is 9.78 Å². The van der Waals surface area contributed by atoms with Crippen LogP contribution in [0.4, 0.5) is 5.69 Å². The molecule has 2 rings (SSSR count). The lowest BCUT2D eigenvalue weighted by Crippen LogP contribution is -2.17. The first kappa shape index (κ1) is 16.5.